The Kier molecular flexibility index (Phi) is 7.75. The quantitative estimate of drug-likeness (QED) is 0.562. The second-order valence-electron chi connectivity index (χ2n) is 9.38. The summed E-state index contributed by atoms with van der Waals surface area (Å²) in [5.74, 6) is 0. The summed E-state index contributed by atoms with van der Waals surface area (Å²) in [4.78, 5) is 17.1. The Morgan fingerprint density at radius 1 is 1.07 bits per heavy atom. The van der Waals surface area contributed by atoms with E-state index < -0.39 is 5.60 Å². The van der Waals surface area contributed by atoms with Gasteiger partial charge in [-0.2, -0.15) is 0 Å². The fraction of sp³-hybridized carbons (Fsp3) is 0.696. The summed E-state index contributed by atoms with van der Waals surface area (Å²) in [6.45, 7) is 8.44. The van der Waals surface area contributed by atoms with Crippen molar-refractivity contribution in [1.82, 2.24) is 9.80 Å². The van der Waals surface area contributed by atoms with E-state index >= 15 is 0 Å². The van der Waals surface area contributed by atoms with E-state index in [-0.39, 0.29) is 6.09 Å². The van der Waals surface area contributed by atoms with Crippen molar-refractivity contribution in [3.63, 3.8) is 0 Å². The van der Waals surface area contributed by atoms with Crippen molar-refractivity contribution in [1.29, 1.82) is 0 Å². The summed E-state index contributed by atoms with van der Waals surface area (Å²) >= 11 is 12.7. The molecular weight excluding hydrogens is 407 g/mol. The van der Waals surface area contributed by atoms with Crippen molar-refractivity contribution in [3.05, 3.63) is 33.8 Å². The molecule has 0 spiro atoms. The Morgan fingerprint density at radius 2 is 1.86 bits per heavy atom. The number of nitrogens with zero attached hydrogens (tertiary/aromatic N) is 2. The molecule has 3 rings (SSSR count). The zero-order valence-electron chi connectivity index (χ0n) is 17.9. The van der Waals surface area contributed by atoms with Gasteiger partial charge in [0.1, 0.15) is 5.60 Å². The van der Waals surface area contributed by atoms with E-state index in [4.69, 9.17) is 27.9 Å². The highest BCUT2D eigenvalue weighted by Crippen LogP contribution is 2.30. The molecule has 0 saturated carbocycles. The van der Waals surface area contributed by atoms with E-state index in [1.54, 1.807) is 0 Å². The maximum atomic E-state index is 12.5. The van der Waals surface area contributed by atoms with E-state index in [0.29, 0.717) is 12.1 Å². The van der Waals surface area contributed by atoms with Crippen molar-refractivity contribution < 1.29 is 9.53 Å². The van der Waals surface area contributed by atoms with Crippen LogP contribution >= 0.6 is 23.2 Å². The number of halogens is 2. The van der Waals surface area contributed by atoms with Crippen LogP contribution in [0.5, 0.6) is 0 Å². The zero-order chi connectivity index (χ0) is 21.0. The maximum Gasteiger partial charge on any atom is 0.410 e. The smallest absolute Gasteiger partial charge is 0.410 e. The molecule has 2 fully saturated rings. The molecule has 0 radical (unpaired) electrons. The predicted octanol–water partition coefficient (Wildman–Crippen LogP) is 6.18. The minimum Gasteiger partial charge on any atom is -0.444 e. The van der Waals surface area contributed by atoms with Crippen LogP contribution in [0.3, 0.4) is 0 Å². The van der Waals surface area contributed by atoms with Crippen LogP contribution in [0.25, 0.3) is 0 Å². The van der Waals surface area contributed by atoms with Crippen molar-refractivity contribution in [2.24, 2.45) is 0 Å². The Hall–Kier alpha value is -0.970. The highest BCUT2D eigenvalue weighted by atomic mass is 35.5. The standard InChI is InChI=1S/C23H34Cl2N2O2/c1-23(2,3)29-22(28)26-12-6-8-19(11-14-26)27-13-5-4-7-20(27)16-17-15-18(24)9-10-21(17)25/h9-10,15,19-20H,4-8,11-14,16H2,1-3H3. The Morgan fingerprint density at radius 3 is 2.62 bits per heavy atom. The van der Waals surface area contributed by atoms with Gasteiger partial charge in [-0.25, -0.2) is 4.79 Å². The lowest BCUT2D eigenvalue weighted by molar-refractivity contribution is 0.0247. The molecule has 2 aliphatic heterocycles. The second kappa shape index (κ2) is 9.89. The van der Waals surface area contributed by atoms with Gasteiger partial charge < -0.3 is 9.64 Å². The van der Waals surface area contributed by atoms with Gasteiger partial charge in [0.2, 0.25) is 0 Å². The van der Waals surface area contributed by atoms with Gasteiger partial charge in [0.15, 0.2) is 0 Å². The summed E-state index contributed by atoms with van der Waals surface area (Å²) < 4.78 is 5.58. The molecule has 1 aromatic carbocycles. The third kappa shape index (κ3) is 6.50. The lowest BCUT2D eigenvalue weighted by atomic mass is 9.92. The van der Waals surface area contributed by atoms with Gasteiger partial charge >= 0.3 is 6.09 Å². The molecule has 2 aliphatic rings. The predicted molar refractivity (Wildman–Crippen MR) is 120 cm³/mol. The largest absolute Gasteiger partial charge is 0.444 e. The number of likely N-dealkylation sites (tertiary alicyclic amines) is 2. The number of carbonyl (C=O) groups is 1. The molecule has 0 bridgehead atoms. The summed E-state index contributed by atoms with van der Waals surface area (Å²) in [5, 5.41) is 1.55. The van der Waals surface area contributed by atoms with Crippen LogP contribution < -0.4 is 0 Å². The van der Waals surface area contributed by atoms with Crippen LogP contribution in [0.4, 0.5) is 4.79 Å². The monoisotopic (exact) mass is 440 g/mol. The van der Waals surface area contributed by atoms with Crippen LogP contribution in [-0.4, -0.2) is 53.2 Å². The fourth-order valence-corrected chi connectivity index (χ4v) is 4.99. The molecule has 0 aliphatic carbocycles. The molecule has 0 aromatic heterocycles. The maximum absolute atomic E-state index is 12.5. The van der Waals surface area contributed by atoms with E-state index in [9.17, 15) is 4.79 Å². The molecule has 162 valence electrons. The Bertz CT molecular complexity index is 705. The van der Waals surface area contributed by atoms with E-state index in [2.05, 4.69) is 4.90 Å². The minimum atomic E-state index is -0.447. The van der Waals surface area contributed by atoms with Crippen LogP contribution in [0.2, 0.25) is 10.0 Å². The second-order valence-corrected chi connectivity index (χ2v) is 10.2. The highest BCUT2D eigenvalue weighted by Gasteiger charge is 2.32. The SMILES string of the molecule is CC(C)(C)OC(=O)N1CCCC(N2CCCCC2Cc2cc(Cl)ccc2Cl)CC1. The Balaban J connectivity index is 1.64. The number of hydrogen-bond acceptors (Lipinski definition) is 3. The number of benzene rings is 1. The molecule has 4 nitrogen and oxygen atoms in total. The van der Waals surface area contributed by atoms with Gasteiger partial charge in [0.05, 0.1) is 0 Å². The highest BCUT2D eigenvalue weighted by molar-refractivity contribution is 6.33. The van der Waals surface area contributed by atoms with Crippen molar-refractivity contribution >= 4 is 29.3 Å². The number of amides is 1. The first kappa shape index (κ1) is 22.7. The van der Waals surface area contributed by atoms with Gasteiger partial charge in [-0.3, -0.25) is 4.90 Å². The first-order valence-corrected chi connectivity index (χ1v) is 11.7. The summed E-state index contributed by atoms with van der Waals surface area (Å²) in [7, 11) is 0. The molecule has 1 aromatic rings. The first-order chi connectivity index (χ1) is 13.7. The number of carbonyl (C=O) groups excluding carboxylic acids is 1. The van der Waals surface area contributed by atoms with Crippen molar-refractivity contribution in [2.75, 3.05) is 19.6 Å². The van der Waals surface area contributed by atoms with Crippen LogP contribution in [0.15, 0.2) is 18.2 Å². The van der Waals surface area contributed by atoms with Crippen LogP contribution in [-0.2, 0) is 11.2 Å². The number of ether oxygens (including phenoxy) is 1. The number of rotatable bonds is 3. The molecular formula is C23H34Cl2N2O2. The van der Waals surface area contributed by atoms with E-state index in [1.807, 2.05) is 43.9 Å². The van der Waals surface area contributed by atoms with Crippen LogP contribution in [0, 0.1) is 0 Å². The minimum absolute atomic E-state index is 0.181. The van der Waals surface area contributed by atoms with Gasteiger partial charge in [0.25, 0.3) is 0 Å². The van der Waals surface area contributed by atoms with Crippen molar-refractivity contribution in [3.8, 4) is 0 Å². The number of piperidine rings is 1. The average Bonchev–Trinajstić information content (AvgIpc) is 2.90. The van der Waals surface area contributed by atoms with Gasteiger partial charge in [-0.15, -0.1) is 0 Å². The lowest BCUT2D eigenvalue weighted by Crippen LogP contribution is -2.47. The van der Waals surface area contributed by atoms with Gasteiger partial charge in [-0.05, 0) is 89.6 Å². The summed E-state index contributed by atoms with van der Waals surface area (Å²) in [6.07, 6.45) is 7.59. The van der Waals surface area contributed by atoms with Gasteiger partial charge in [-0.1, -0.05) is 29.6 Å². The molecule has 29 heavy (non-hydrogen) atoms. The lowest BCUT2D eigenvalue weighted by Gasteiger charge is -2.41. The molecule has 2 atom stereocenters. The summed E-state index contributed by atoms with van der Waals surface area (Å²) in [5.41, 5.74) is 0.692. The average molecular weight is 441 g/mol. The van der Waals surface area contributed by atoms with Crippen LogP contribution in [0.1, 0.15) is 64.9 Å². The topological polar surface area (TPSA) is 32.8 Å². The normalized spacial score (nSPS) is 24.2. The number of hydrogen-bond donors (Lipinski definition) is 0. The first-order valence-electron chi connectivity index (χ1n) is 10.9. The molecule has 1 amide bonds. The molecule has 6 heteroatoms. The zero-order valence-corrected chi connectivity index (χ0v) is 19.4. The Labute approximate surface area is 185 Å². The molecule has 2 heterocycles. The fourth-order valence-electron chi connectivity index (χ4n) is 4.60. The third-order valence-electron chi connectivity index (χ3n) is 5.95. The van der Waals surface area contributed by atoms with E-state index in [0.717, 1.165) is 60.9 Å². The summed E-state index contributed by atoms with van der Waals surface area (Å²) in [6, 6.07) is 6.75. The van der Waals surface area contributed by atoms with Gasteiger partial charge in [0, 0.05) is 35.2 Å². The van der Waals surface area contributed by atoms with E-state index in [1.165, 1.54) is 19.3 Å². The molecule has 0 N–H and O–H groups in total. The molecule has 2 saturated heterocycles. The third-order valence-corrected chi connectivity index (χ3v) is 6.56. The van der Waals surface area contributed by atoms with Crippen molar-refractivity contribution in [2.45, 2.75) is 83.4 Å². The molecule has 2 unspecified atom stereocenters.